The molecule has 3 heterocycles. The highest BCUT2D eigenvalue weighted by atomic mass is 32.1. The van der Waals surface area contributed by atoms with Gasteiger partial charge in [0.25, 0.3) is 0 Å². The van der Waals surface area contributed by atoms with Crippen molar-refractivity contribution < 1.29 is 0 Å². The number of nitrogens with one attached hydrogen (secondary N) is 1. The van der Waals surface area contributed by atoms with Crippen molar-refractivity contribution in [3.63, 3.8) is 0 Å². The van der Waals surface area contributed by atoms with Crippen LogP contribution < -0.4 is 0 Å². The summed E-state index contributed by atoms with van der Waals surface area (Å²) in [6.07, 6.45) is 3.59. The average Bonchev–Trinajstić information content (AvgIpc) is 3.32. The zero-order chi connectivity index (χ0) is 16.4. The molecule has 4 rings (SSSR count). The van der Waals surface area contributed by atoms with E-state index < -0.39 is 0 Å². The topological polar surface area (TPSA) is 36.9 Å². The first-order valence-electron chi connectivity index (χ1n) is 8.28. The normalized spacial score (nSPS) is 18.2. The molecule has 1 aliphatic heterocycles. The number of likely N-dealkylation sites (tertiary alicyclic amines) is 1. The van der Waals surface area contributed by atoms with Gasteiger partial charge < -0.3 is 0 Å². The molecule has 6 heteroatoms. The predicted molar refractivity (Wildman–Crippen MR) is 101 cm³/mol. The van der Waals surface area contributed by atoms with Gasteiger partial charge in [-0.2, -0.15) is 4.98 Å². The van der Waals surface area contributed by atoms with Gasteiger partial charge in [-0.3, -0.25) is 10.00 Å². The number of benzene rings is 1. The number of rotatable bonds is 5. The van der Waals surface area contributed by atoms with Crippen molar-refractivity contribution in [2.24, 2.45) is 0 Å². The summed E-state index contributed by atoms with van der Waals surface area (Å²) in [6, 6.07) is 15.4. The van der Waals surface area contributed by atoms with Gasteiger partial charge in [-0.15, -0.1) is 11.3 Å². The molecule has 1 atom stereocenters. The zero-order valence-electron chi connectivity index (χ0n) is 13.4. The summed E-state index contributed by atoms with van der Waals surface area (Å²) in [6.45, 7) is 1.90. The number of H-pyrrole nitrogens is 1. The first-order valence-corrected chi connectivity index (χ1v) is 9.57. The molecule has 24 heavy (non-hydrogen) atoms. The molecule has 1 saturated heterocycles. The molecule has 0 amide bonds. The molecule has 0 bridgehead atoms. The van der Waals surface area contributed by atoms with Crippen LogP contribution in [0.3, 0.4) is 0 Å². The van der Waals surface area contributed by atoms with Crippen LogP contribution in [0.4, 0.5) is 0 Å². The van der Waals surface area contributed by atoms with Gasteiger partial charge in [0.2, 0.25) is 4.77 Å². The van der Waals surface area contributed by atoms with E-state index in [2.05, 4.69) is 56.8 Å². The van der Waals surface area contributed by atoms with Crippen molar-refractivity contribution in [2.75, 3.05) is 6.54 Å². The van der Waals surface area contributed by atoms with Crippen molar-refractivity contribution in [2.45, 2.75) is 32.0 Å². The van der Waals surface area contributed by atoms with Crippen LogP contribution in [0.5, 0.6) is 0 Å². The van der Waals surface area contributed by atoms with Gasteiger partial charge in [0, 0.05) is 12.6 Å². The van der Waals surface area contributed by atoms with Crippen LogP contribution in [0.2, 0.25) is 0 Å². The smallest absolute Gasteiger partial charge is 0.217 e. The van der Waals surface area contributed by atoms with E-state index in [1.807, 2.05) is 10.7 Å². The van der Waals surface area contributed by atoms with Crippen molar-refractivity contribution in [3.8, 4) is 10.7 Å². The standard InChI is InChI=1S/C18H20N4S2/c23-18-19-17(16-9-5-11-24-16)20-22(18)13-21-10-4-8-15(21)12-14-6-2-1-3-7-14/h1-3,5-7,9,11,15H,4,8,10,12-13H2,(H,19,20,23)/t15-/m1/s1. The maximum absolute atomic E-state index is 5.45. The Bertz CT molecular complexity index is 836. The van der Waals surface area contributed by atoms with Crippen molar-refractivity contribution >= 4 is 23.6 Å². The molecule has 0 aliphatic carbocycles. The Kier molecular flexibility index (Phi) is 4.60. The van der Waals surface area contributed by atoms with Crippen LogP contribution in [0, 0.1) is 4.77 Å². The summed E-state index contributed by atoms with van der Waals surface area (Å²) < 4.78 is 2.62. The van der Waals surface area contributed by atoms with Crippen LogP contribution >= 0.6 is 23.6 Å². The Labute approximate surface area is 150 Å². The molecule has 1 aliphatic rings. The average molecular weight is 357 g/mol. The lowest BCUT2D eigenvalue weighted by molar-refractivity contribution is 0.188. The van der Waals surface area contributed by atoms with Gasteiger partial charge in [0.05, 0.1) is 11.5 Å². The lowest BCUT2D eigenvalue weighted by Gasteiger charge is -2.24. The number of nitrogens with zero attached hydrogens (tertiary/aromatic N) is 3. The third kappa shape index (κ3) is 3.36. The fourth-order valence-corrected chi connectivity index (χ4v) is 4.21. The van der Waals surface area contributed by atoms with E-state index in [-0.39, 0.29) is 0 Å². The van der Waals surface area contributed by atoms with Crippen LogP contribution in [0.15, 0.2) is 47.8 Å². The third-order valence-corrected chi connectivity index (χ3v) is 5.76. The fourth-order valence-electron chi connectivity index (χ4n) is 3.36. The number of aromatic nitrogens is 3. The molecule has 1 fully saturated rings. The van der Waals surface area contributed by atoms with Crippen molar-refractivity contribution in [3.05, 3.63) is 58.2 Å². The molecular weight excluding hydrogens is 336 g/mol. The van der Waals surface area contributed by atoms with Crippen LogP contribution in [0.25, 0.3) is 10.7 Å². The minimum atomic E-state index is 0.572. The largest absolute Gasteiger partial charge is 0.281 e. The van der Waals surface area contributed by atoms with E-state index in [0.29, 0.717) is 10.8 Å². The Morgan fingerprint density at radius 2 is 2.08 bits per heavy atom. The van der Waals surface area contributed by atoms with E-state index >= 15 is 0 Å². The summed E-state index contributed by atoms with van der Waals surface area (Å²) in [5.41, 5.74) is 1.40. The van der Waals surface area contributed by atoms with Gasteiger partial charge in [-0.05, 0) is 48.5 Å². The van der Waals surface area contributed by atoms with Gasteiger partial charge in [-0.25, -0.2) is 4.68 Å². The quantitative estimate of drug-likeness (QED) is 0.691. The summed E-state index contributed by atoms with van der Waals surface area (Å²) in [5.74, 6) is 0.869. The van der Waals surface area contributed by atoms with E-state index in [0.717, 1.165) is 30.3 Å². The van der Waals surface area contributed by atoms with E-state index in [1.54, 1.807) is 11.3 Å². The SMILES string of the molecule is S=c1nc(-c2cccs2)[nH]n1CN1CCC[C@@H]1Cc1ccccc1. The van der Waals surface area contributed by atoms with Crippen LogP contribution in [-0.4, -0.2) is 32.3 Å². The maximum Gasteiger partial charge on any atom is 0.217 e. The minimum Gasteiger partial charge on any atom is -0.281 e. The summed E-state index contributed by atoms with van der Waals surface area (Å²) in [7, 11) is 0. The molecule has 1 aromatic carbocycles. The first kappa shape index (κ1) is 15.7. The number of aromatic amines is 1. The second-order valence-corrected chi connectivity index (χ2v) is 7.51. The Balaban J connectivity index is 1.49. The second kappa shape index (κ2) is 7.01. The van der Waals surface area contributed by atoms with Gasteiger partial charge >= 0.3 is 0 Å². The lowest BCUT2D eigenvalue weighted by atomic mass is 10.0. The molecule has 0 radical (unpaired) electrons. The summed E-state index contributed by atoms with van der Waals surface area (Å²) >= 11 is 7.12. The first-order chi connectivity index (χ1) is 11.8. The highest BCUT2D eigenvalue weighted by molar-refractivity contribution is 7.71. The number of hydrogen-bond donors (Lipinski definition) is 1. The van der Waals surface area contributed by atoms with Crippen LogP contribution in [-0.2, 0) is 13.1 Å². The molecule has 0 spiro atoms. The second-order valence-electron chi connectivity index (χ2n) is 6.20. The van der Waals surface area contributed by atoms with Gasteiger partial charge in [0.1, 0.15) is 0 Å². The zero-order valence-corrected chi connectivity index (χ0v) is 15.0. The Hall–Kier alpha value is -1.76. The van der Waals surface area contributed by atoms with Crippen molar-refractivity contribution in [1.82, 2.24) is 19.7 Å². The van der Waals surface area contributed by atoms with E-state index in [9.17, 15) is 0 Å². The molecule has 0 saturated carbocycles. The van der Waals surface area contributed by atoms with Crippen molar-refractivity contribution in [1.29, 1.82) is 0 Å². The lowest BCUT2D eigenvalue weighted by Crippen LogP contribution is -2.33. The molecule has 1 N–H and O–H groups in total. The maximum atomic E-state index is 5.45. The Morgan fingerprint density at radius 3 is 2.88 bits per heavy atom. The van der Waals surface area contributed by atoms with E-state index in [1.165, 1.54) is 18.4 Å². The van der Waals surface area contributed by atoms with Gasteiger partial charge in [-0.1, -0.05) is 36.4 Å². The molecular formula is C18H20N4S2. The molecule has 2 aromatic heterocycles. The summed E-state index contributed by atoms with van der Waals surface area (Å²) in [5, 5.41) is 5.42. The monoisotopic (exact) mass is 356 g/mol. The highest BCUT2D eigenvalue weighted by Gasteiger charge is 2.25. The fraction of sp³-hybridized carbons (Fsp3) is 0.333. The molecule has 124 valence electrons. The summed E-state index contributed by atoms with van der Waals surface area (Å²) in [4.78, 5) is 8.15. The number of thiophene rings is 1. The van der Waals surface area contributed by atoms with Crippen LogP contribution in [0.1, 0.15) is 18.4 Å². The minimum absolute atomic E-state index is 0.572. The predicted octanol–water partition coefficient (Wildman–Crippen LogP) is 4.33. The molecule has 3 aromatic rings. The number of hydrogen-bond acceptors (Lipinski definition) is 4. The van der Waals surface area contributed by atoms with E-state index in [4.69, 9.17) is 12.2 Å². The van der Waals surface area contributed by atoms with Gasteiger partial charge in [0.15, 0.2) is 5.82 Å². The highest BCUT2D eigenvalue weighted by Crippen LogP contribution is 2.23. The third-order valence-electron chi connectivity index (χ3n) is 4.57. The molecule has 0 unspecified atom stereocenters. The Morgan fingerprint density at radius 1 is 1.21 bits per heavy atom. The molecule has 4 nitrogen and oxygen atoms in total.